The Morgan fingerprint density at radius 2 is 2.09 bits per heavy atom. The summed E-state index contributed by atoms with van der Waals surface area (Å²) in [5, 5.41) is 12.3. The molecule has 0 atom stereocenters. The van der Waals surface area contributed by atoms with Crippen molar-refractivity contribution in [2.24, 2.45) is 0 Å². The average molecular weight is 326 g/mol. The van der Waals surface area contributed by atoms with Crippen molar-refractivity contribution in [1.82, 2.24) is 4.72 Å². The first-order valence-electron chi connectivity index (χ1n) is 7.14. The van der Waals surface area contributed by atoms with Crippen LogP contribution in [0.15, 0.2) is 35.7 Å². The third kappa shape index (κ3) is 5.16. The summed E-state index contributed by atoms with van der Waals surface area (Å²) < 4.78 is 26.3. The molecule has 0 amide bonds. The minimum atomic E-state index is -3.74. The lowest BCUT2D eigenvalue weighted by molar-refractivity contribution is 0.0697. The zero-order valence-electron chi connectivity index (χ0n) is 12.6. The molecule has 0 bridgehead atoms. The lowest BCUT2D eigenvalue weighted by Gasteiger charge is -2.12. The molecule has 0 unspecified atom stereocenters. The summed E-state index contributed by atoms with van der Waals surface area (Å²) in [5.41, 5.74) is 0.365. The maximum absolute atomic E-state index is 12.0. The molecule has 22 heavy (non-hydrogen) atoms. The minimum Gasteiger partial charge on any atom is -0.478 e. The van der Waals surface area contributed by atoms with Crippen LogP contribution in [0.2, 0.25) is 0 Å². The Hall–Kier alpha value is -1.86. The van der Waals surface area contributed by atoms with Crippen molar-refractivity contribution in [2.75, 3.05) is 18.4 Å². The summed E-state index contributed by atoms with van der Waals surface area (Å²) >= 11 is 0. The highest BCUT2D eigenvalue weighted by Crippen LogP contribution is 2.21. The van der Waals surface area contributed by atoms with Crippen molar-refractivity contribution in [2.45, 2.75) is 31.1 Å². The van der Waals surface area contributed by atoms with E-state index in [1.807, 2.05) is 0 Å². The quantitative estimate of drug-likeness (QED) is 0.453. The SMILES string of the molecule is C=CCNS(=O)(=O)c1ccc(NCCCCC)c(C(=O)O)c1. The van der Waals surface area contributed by atoms with Gasteiger partial charge in [0.2, 0.25) is 10.0 Å². The Balaban J connectivity index is 2.99. The standard InChI is InChI=1S/C15H22N2O4S/c1-3-5-6-10-16-14-8-7-12(11-13(14)15(18)19)22(20,21)17-9-4-2/h4,7-8,11,16-17H,2-3,5-6,9-10H2,1H3,(H,18,19). The van der Waals surface area contributed by atoms with E-state index in [4.69, 9.17) is 0 Å². The number of unbranched alkanes of at least 4 members (excludes halogenated alkanes) is 2. The summed E-state index contributed by atoms with van der Waals surface area (Å²) in [7, 11) is -3.74. The van der Waals surface area contributed by atoms with Gasteiger partial charge in [0, 0.05) is 18.8 Å². The van der Waals surface area contributed by atoms with Crippen LogP contribution in [0, 0.1) is 0 Å². The van der Waals surface area contributed by atoms with E-state index in [0.717, 1.165) is 25.3 Å². The molecule has 3 N–H and O–H groups in total. The molecular formula is C15H22N2O4S. The normalized spacial score (nSPS) is 11.1. The molecule has 7 heteroatoms. The first-order chi connectivity index (χ1) is 10.4. The van der Waals surface area contributed by atoms with Gasteiger partial charge in [0.05, 0.1) is 10.5 Å². The molecule has 1 aromatic carbocycles. The molecule has 0 saturated carbocycles. The fourth-order valence-corrected chi connectivity index (χ4v) is 2.90. The molecule has 0 aliphatic carbocycles. The maximum Gasteiger partial charge on any atom is 0.337 e. The van der Waals surface area contributed by atoms with Crippen LogP contribution in [0.5, 0.6) is 0 Å². The number of hydrogen-bond donors (Lipinski definition) is 3. The Labute approximate surface area is 131 Å². The van der Waals surface area contributed by atoms with E-state index < -0.39 is 16.0 Å². The van der Waals surface area contributed by atoms with Crippen LogP contribution in [0.25, 0.3) is 0 Å². The van der Waals surface area contributed by atoms with Gasteiger partial charge >= 0.3 is 5.97 Å². The average Bonchev–Trinajstić information content (AvgIpc) is 2.49. The number of sulfonamides is 1. The predicted molar refractivity (Wildman–Crippen MR) is 86.8 cm³/mol. The predicted octanol–water partition coefficient (Wildman–Crippen LogP) is 2.45. The molecule has 0 heterocycles. The van der Waals surface area contributed by atoms with Crippen molar-refractivity contribution in [3.63, 3.8) is 0 Å². The molecule has 1 rings (SSSR count). The molecule has 0 spiro atoms. The lowest BCUT2D eigenvalue weighted by Crippen LogP contribution is -2.24. The van der Waals surface area contributed by atoms with Crippen LogP contribution in [0.1, 0.15) is 36.5 Å². The number of benzene rings is 1. The summed E-state index contributed by atoms with van der Waals surface area (Å²) in [4.78, 5) is 11.3. The van der Waals surface area contributed by atoms with Crippen molar-refractivity contribution < 1.29 is 18.3 Å². The van der Waals surface area contributed by atoms with Gasteiger partial charge in [0.25, 0.3) is 0 Å². The molecule has 0 fully saturated rings. The van der Waals surface area contributed by atoms with E-state index in [2.05, 4.69) is 23.5 Å². The van der Waals surface area contributed by atoms with E-state index in [-0.39, 0.29) is 17.0 Å². The van der Waals surface area contributed by atoms with E-state index in [9.17, 15) is 18.3 Å². The van der Waals surface area contributed by atoms with Crippen molar-refractivity contribution in [1.29, 1.82) is 0 Å². The number of carbonyl (C=O) groups is 1. The smallest absolute Gasteiger partial charge is 0.337 e. The number of hydrogen-bond acceptors (Lipinski definition) is 4. The molecular weight excluding hydrogens is 304 g/mol. The minimum absolute atomic E-state index is 0.0574. The van der Waals surface area contributed by atoms with Crippen LogP contribution in [-0.4, -0.2) is 32.6 Å². The Bertz CT molecular complexity index is 626. The number of nitrogens with one attached hydrogen (secondary N) is 2. The van der Waals surface area contributed by atoms with Crippen LogP contribution in [-0.2, 0) is 10.0 Å². The second kappa shape index (κ2) is 8.55. The number of anilines is 1. The fourth-order valence-electron chi connectivity index (χ4n) is 1.87. The summed E-state index contributed by atoms with van der Waals surface area (Å²) in [6, 6.07) is 4.04. The molecule has 122 valence electrons. The summed E-state index contributed by atoms with van der Waals surface area (Å²) in [6.45, 7) is 6.25. The van der Waals surface area contributed by atoms with Crippen LogP contribution in [0.4, 0.5) is 5.69 Å². The first-order valence-corrected chi connectivity index (χ1v) is 8.62. The molecule has 6 nitrogen and oxygen atoms in total. The maximum atomic E-state index is 12.0. The van der Waals surface area contributed by atoms with E-state index in [0.29, 0.717) is 12.2 Å². The molecule has 0 aliphatic heterocycles. The second-order valence-electron chi connectivity index (χ2n) is 4.79. The molecule has 1 aromatic rings. The Morgan fingerprint density at radius 1 is 1.36 bits per heavy atom. The van der Waals surface area contributed by atoms with Gasteiger partial charge in [-0.1, -0.05) is 25.8 Å². The highest BCUT2D eigenvalue weighted by molar-refractivity contribution is 7.89. The van der Waals surface area contributed by atoms with Gasteiger partial charge in [-0.15, -0.1) is 6.58 Å². The van der Waals surface area contributed by atoms with Gasteiger partial charge < -0.3 is 10.4 Å². The van der Waals surface area contributed by atoms with Gasteiger partial charge in [0.15, 0.2) is 0 Å². The number of carboxylic acids is 1. The third-order valence-corrected chi connectivity index (χ3v) is 4.47. The molecule has 0 radical (unpaired) electrons. The monoisotopic (exact) mass is 326 g/mol. The van der Waals surface area contributed by atoms with Crippen molar-refractivity contribution >= 4 is 21.7 Å². The third-order valence-electron chi connectivity index (χ3n) is 3.05. The largest absolute Gasteiger partial charge is 0.478 e. The van der Waals surface area contributed by atoms with Crippen LogP contribution in [0.3, 0.4) is 0 Å². The van der Waals surface area contributed by atoms with E-state index in [1.54, 1.807) is 0 Å². The topological polar surface area (TPSA) is 95.5 Å². The first kappa shape index (κ1) is 18.2. The number of aromatic carboxylic acids is 1. The highest BCUT2D eigenvalue weighted by atomic mass is 32.2. The lowest BCUT2D eigenvalue weighted by atomic mass is 10.1. The van der Waals surface area contributed by atoms with Crippen LogP contribution < -0.4 is 10.0 Å². The van der Waals surface area contributed by atoms with Crippen LogP contribution >= 0.6 is 0 Å². The van der Waals surface area contributed by atoms with Gasteiger partial charge in [-0.2, -0.15) is 0 Å². The van der Waals surface area contributed by atoms with Gasteiger partial charge in [-0.05, 0) is 24.6 Å². The Morgan fingerprint density at radius 3 is 2.68 bits per heavy atom. The molecule has 0 aliphatic rings. The number of carboxylic acid groups (broad SMARTS) is 1. The zero-order valence-corrected chi connectivity index (χ0v) is 13.4. The fraction of sp³-hybridized carbons (Fsp3) is 0.400. The second-order valence-corrected chi connectivity index (χ2v) is 6.55. The zero-order chi connectivity index (χ0) is 16.6. The van der Waals surface area contributed by atoms with Crippen molar-refractivity contribution in [3.8, 4) is 0 Å². The van der Waals surface area contributed by atoms with Gasteiger partial charge in [0.1, 0.15) is 0 Å². The highest BCUT2D eigenvalue weighted by Gasteiger charge is 2.18. The molecule has 0 saturated heterocycles. The summed E-state index contributed by atoms with van der Waals surface area (Å²) in [6.07, 6.45) is 4.46. The Kier molecular flexibility index (Phi) is 7.07. The number of rotatable bonds is 10. The van der Waals surface area contributed by atoms with E-state index in [1.165, 1.54) is 18.2 Å². The van der Waals surface area contributed by atoms with Gasteiger partial charge in [-0.3, -0.25) is 0 Å². The van der Waals surface area contributed by atoms with Crippen molar-refractivity contribution in [3.05, 3.63) is 36.4 Å². The molecule has 0 aromatic heterocycles. The van der Waals surface area contributed by atoms with Gasteiger partial charge in [-0.25, -0.2) is 17.9 Å². The summed E-state index contributed by atoms with van der Waals surface area (Å²) in [5.74, 6) is -1.17. The van der Waals surface area contributed by atoms with E-state index >= 15 is 0 Å².